The molecule has 0 spiro atoms. The maximum absolute atomic E-state index is 6.13. The van der Waals surface area contributed by atoms with Gasteiger partial charge in [0, 0.05) is 38.5 Å². The zero-order valence-corrected chi connectivity index (χ0v) is 24.7. The minimum Gasteiger partial charge on any atom is -0.456 e. The van der Waals surface area contributed by atoms with Gasteiger partial charge in [0.2, 0.25) is 0 Å². The summed E-state index contributed by atoms with van der Waals surface area (Å²) >= 11 is 0. The number of furan rings is 1. The van der Waals surface area contributed by atoms with E-state index in [4.69, 9.17) is 14.4 Å². The third-order valence-corrected chi connectivity index (χ3v) is 9.18. The van der Waals surface area contributed by atoms with Crippen LogP contribution in [0.3, 0.4) is 0 Å². The molecule has 0 N–H and O–H groups in total. The fraction of sp³-hybridized carbons (Fsp3) is 0. The number of nitrogens with zero attached hydrogens (tertiary/aromatic N) is 3. The van der Waals surface area contributed by atoms with Gasteiger partial charge in [-0.2, -0.15) is 0 Å². The van der Waals surface area contributed by atoms with Crippen molar-refractivity contribution in [2.24, 2.45) is 0 Å². The molecular weight excluding hydrogens is 562 g/mol. The Morgan fingerprint density at radius 2 is 1.09 bits per heavy atom. The Kier molecular flexibility index (Phi) is 5.25. The van der Waals surface area contributed by atoms with Gasteiger partial charge in [0.25, 0.3) is 0 Å². The lowest BCUT2D eigenvalue weighted by Gasteiger charge is -2.33. The molecule has 0 atom stereocenters. The molecule has 0 aliphatic carbocycles. The molecule has 10 rings (SSSR count). The van der Waals surface area contributed by atoms with E-state index in [0.717, 1.165) is 61.2 Å². The Morgan fingerprint density at radius 1 is 0.457 bits per heavy atom. The van der Waals surface area contributed by atoms with E-state index in [2.05, 4.69) is 108 Å². The summed E-state index contributed by atoms with van der Waals surface area (Å²) in [5, 5.41) is 4.68. The number of rotatable bonds is 3. The highest BCUT2D eigenvalue weighted by Crippen LogP contribution is 2.50. The molecule has 4 heteroatoms. The molecule has 0 fully saturated rings. The number of benzene rings is 7. The van der Waals surface area contributed by atoms with Gasteiger partial charge < -0.3 is 9.32 Å². The quantitative estimate of drug-likeness (QED) is 0.206. The highest BCUT2D eigenvalue weighted by atomic mass is 16.3. The summed E-state index contributed by atoms with van der Waals surface area (Å²) in [6.45, 7) is 0. The van der Waals surface area contributed by atoms with E-state index < -0.39 is 0 Å². The van der Waals surface area contributed by atoms with Crippen LogP contribution in [0.4, 0.5) is 17.1 Å². The van der Waals surface area contributed by atoms with Gasteiger partial charge in [-0.15, -0.1) is 0 Å². The van der Waals surface area contributed by atoms with Crippen LogP contribution in [0, 0.1) is 0 Å². The average molecular weight is 588 g/mol. The first-order valence-corrected chi connectivity index (χ1v) is 15.5. The second kappa shape index (κ2) is 9.62. The zero-order chi connectivity index (χ0) is 30.2. The van der Waals surface area contributed by atoms with Crippen molar-refractivity contribution in [2.45, 2.75) is 0 Å². The molecule has 3 heterocycles. The van der Waals surface area contributed by atoms with E-state index in [9.17, 15) is 0 Å². The third-order valence-electron chi connectivity index (χ3n) is 9.18. The standard InChI is InChI=1S/C42H25N3O/c1-5-16-36-30(11-1)32-13-7-9-26-10-8-17-37(40(26)32)45(36)29-22-19-27(20-23-29)41-42(44-35-15-4-3-14-34(35)43-41)28-21-24-39-33(25-28)31-12-2-6-18-38(31)46-39/h1-25H. The molecule has 214 valence electrons. The maximum Gasteiger partial charge on any atom is 0.135 e. The molecule has 9 aromatic rings. The summed E-state index contributed by atoms with van der Waals surface area (Å²) in [7, 11) is 0. The number of hydrogen-bond donors (Lipinski definition) is 0. The Balaban J connectivity index is 1.15. The first kappa shape index (κ1) is 25.1. The smallest absolute Gasteiger partial charge is 0.135 e. The SMILES string of the molecule is c1ccc2c(c1)-c1cccc3cccc(c13)N2c1ccc(-c2nc3ccccc3nc2-c2ccc3oc4ccccc4c3c2)cc1. The lowest BCUT2D eigenvalue weighted by atomic mass is 9.91. The predicted molar refractivity (Wildman–Crippen MR) is 189 cm³/mol. The normalized spacial score (nSPS) is 12.3. The molecule has 7 aromatic carbocycles. The number of fused-ring (bicyclic) bond motifs is 6. The highest BCUT2D eigenvalue weighted by Gasteiger charge is 2.25. The highest BCUT2D eigenvalue weighted by molar-refractivity contribution is 6.13. The first-order chi connectivity index (χ1) is 22.8. The molecule has 2 aromatic heterocycles. The van der Waals surface area contributed by atoms with Crippen molar-refractivity contribution in [3.63, 3.8) is 0 Å². The zero-order valence-electron chi connectivity index (χ0n) is 24.7. The third kappa shape index (κ3) is 3.67. The lowest BCUT2D eigenvalue weighted by Crippen LogP contribution is -2.14. The van der Waals surface area contributed by atoms with Crippen LogP contribution in [-0.4, -0.2) is 9.97 Å². The number of anilines is 3. The van der Waals surface area contributed by atoms with Crippen molar-refractivity contribution < 1.29 is 4.42 Å². The van der Waals surface area contributed by atoms with Crippen LogP contribution in [0.15, 0.2) is 156 Å². The van der Waals surface area contributed by atoms with Crippen molar-refractivity contribution in [1.29, 1.82) is 0 Å². The van der Waals surface area contributed by atoms with E-state index in [1.807, 2.05) is 48.5 Å². The van der Waals surface area contributed by atoms with Crippen LogP contribution >= 0.6 is 0 Å². The van der Waals surface area contributed by atoms with Crippen molar-refractivity contribution in [2.75, 3.05) is 4.90 Å². The Morgan fingerprint density at radius 3 is 1.93 bits per heavy atom. The van der Waals surface area contributed by atoms with Gasteiger partial charge in [-0.3, -0.25) is 0 Å². The van der Waals surface area contributed by atoms with Crippen LogP contribution in [0.2, 0.25) is 0 Å². The summed E-state index contributed by atoms with van der Waals surface area (Å²) in [5.74, 6) is 0. The monoisotopic (exact) mass is 587 g/mol. The molecule has 46 heavy (non-hydrogen) atoms. The van der Waals surface area contributed by atoms with Crippen LogP contribution in [0.1, 0.15) is 0 Å². The molecule has 0 saturated carbocycles. The van der Waals surface area contributed by atoms with Crippen molar-refractivity contribution in [1.82, 2.24) is 9.97 Å². The number of aromatic nitrogens is 2. The van der Waals surface area contributed by atoms with E-state index in [0.29, 0.717) is 0 Å². The van der Waals surface area contributed by atoms with Gasteiger partial charge in [-0.25, -0.2) is 9.97 Å². The van der Waals surface area contributed by atoms with E-state index in [1.165, 1.54) is 33.3 Å². The number of hydrogen-bond acceptors (Lipinski definition) is 4. The molecule has 1 aliphatic rings. The van der Waals surface area contributed by atoms with Gasteiger partial charge in [0.15, 0.2) is 0 Å². The van der Waals surface area contributed by atoms with E-state index in [1.54, 1.807) is 0 Å². The van der Waals surface area contributed by atoms with Crippen LogP contribution in [0.5, 0.6) is 0 Å². The average Bonchev–Trinajstić information content (AvgIpc) is 3.50. The fourth-order valence-corrected chi connectivity index (χ4v) is 7.08. The van der Waals surface area contributed by atoms with Crippen LogP contribution in [-0.2, 0) is 0 Å². The fourth-order valence-electron chi connectivity index (χ4n) is 7.08. The maximum atomic E-state index is 6.13. The summed E-state index contributed by atoms with van der Waals surface area (Å²) in [5.41, 5.74) is 13.2. The minimum atomic E-state index is 0.848. The molecule has 0 amide bonds. The second-order valence-electron chi connectivity index (χ2n) is 11.8. The van der Waals surface area contributed by atoms with Gasteiger partial charge in [0.1, 0.15) is 11.2 Å². The summed E-state index contributed by atoms with van der Waals surface area (Å²) in [4.78, 5) is 12.7. The Hall–Kier alpha value is -6.26. The minimum absolute atomic E-state index is 0.848. The predicted octanol–water partition coefficient (Wildman–Crippen LogP) is 11.5. The molecule has 1 aliphatic heterocycles. The van der Waals surface area contributed by atoms with E-state index >= 15 is 0 Å². The van der Waals surface area contributed by atoms with E-state index in [-0.39, 0.29) is 0 Å². The van der Waals surface area contributed by atoms with Crippen molar-refractivity contribution in [3.8, 4) is 33.6 Å². The van der Waals surface area contributed by atoms with Gasteiger partial charge >= 0.3 is 0 Å². The summed E-state index contributed by atoms with van der Waals surface area (Å²) < 4.78 is 6.13. The number of para-hydroxylation sites is 4. The molecular formula is C42H25N3O. The largest absolute Gasteiger partial charge is 0.456 e. The molecule has 0 saturated heterocycles. The van der Waals surface area contributed by atoms with Crippen molar-refractivity contribution in [3.05, 3.63) is 152 Å². The summed E-state index contributed by atoms with van der Waals surface area (Å²) in [6.07, 6.45) is 0. The van der Waals surface area contributed by atoms with Gasteiger partial charge in [0.05, 0.1) is 33.8 Å². The van der Waals surface area contributed by atoms with Crippen LogP contribution < -0.4 is 4.90 Å². The topological polar surface area (TPSA) is 42.2 Å². The lowest BCUT2D eigenvalue weighted by molar-refractivity contribution is 0.669. The summed E-state index contributed by atoms with van der Waals surface area (Å²) in [6, 6.07) is 53.1. The molecule has 0 bridgehead atoms. The molecule has 0 unspecified atom stereocenters. The molecule has 4 nitrogen and oxygen atoms in total. The van der Waals surface area contributed by atoms with Gasteiger partial charge in [-0.05, 0) is 71.6 Å². The Labute approximate surface area is 264 Å². The first-order valence-electron chi connectivity index (χ1n) is 15.5. The Bertz CT molecular complexity index is 2650. The molecule has 0 radical (unpaired) electrons. The second-order valence-corrected chi connectivity index (χ2v) is 11.8. The van der Waals surface area contributed by atoms with Crippen LogP contribution in [0.25, 0.3) is 77.4 Å². The van der Waals surface area contributed by atoms with Crippen molar-refractivity contribution >= 4 is 60.8 Å². The van der Waals surface area contributed by atoms with Gasteiger partial charge in [-0.1, -0.05) is 91.0 Å².